The third kappa shape index (κ3) is 3.35. The Kier molecular flexibility index (Phi) is 4.58. The second-order valence-electron chi connectivity index (χ2n) is 4.97. The zero-order valence-electron chi connectivity index (χ0n) is 11.3. The number of Topliss-reactive ketones (excluding diaryl/α,β-unsaturated/α-hetero) is 1. The van der Waals surface area contributed by atoms with Gasteiger partial charge in [-0.1, -0.05) is 68.4 Å². The monoisotopic (exact) mass is 264 g/mol. The van der Waals surface area contributed by atoms with E-state index in [9.17, 15) is 4.79 Å². The Bertz CT molecular complexity index is 545. The van der Waals surface area contributed by atoms with Gasteiger partial charge in [-0.05, 0) is 11.5 Å². The van der Waals surface area contributed by atoms with Crippen molar-refractivity contribution in [3.8, 4) is 0 Å². The second kappa shape index (κ2) is 6.19. The average Bonchev–Trinajstić information content (AvgIpc) is 2.46. The lowest BCUT2D eigenvalue weighted by Crippen LogP contribution is -2.18. The van der Waals surface area contributed by atoms with Crippen molar-refractivity contribution in [3.63, 3.8) is 0 Å². The minimum atomic E-state index is -0.0160. The van der Waals surface area contributed by atoms with Gasteiger partial charge in [0.2, 0.25) is 0 Å². The lowest BCUT2D eigenvalue weighted by atomic mass is 9.84. The Hall–Kier alpha value is -1.36. The van der Waals surface area contributed by atoms with Crippen LogP contribution in [0.25, 0.3) is 0 Å². The van der Waals surface area contributed by atoms with Crippen molar-refractivity contribution in [1.29, 1.82) is 0 Å². The smallest absolute Gasteiger partial charge is 0.175 e. The molecule has 0 aromatic heterocycles. The third-order valence-corrected chi connectivity index (χ3v) is 4.07. The molecule has 0 amide bonds. The molecule has 0 fully saturated rings. The highest BCUT2D eigenvalue weighted by Crippen LogP contribution is 2.26. The van der Waals surface area contributed by atoms with E-state index in [0.717, 1.165) is 9.99 Å². The van der Waals surface area contributed by atoms with Crippen LogP contribution in [0, 0.1) is 5.92 Å². The molecule has 0 aliphatic rings. The Labute approximate surface area is 123 Å². The maximum atomic E-state index is 12.4. The molecule has 94 valence electrons. The number of carbonyl (C=O) groups is 1. The Morgan fingerprint density at radius 1 is 0.947 bits per heavy atom. The molecule has 1 nitrogen and oxygen atoms in total. The van der Waals surface area contributed by atoms with Gasteiger partial charge < -0.3 is 0 Å². The summed E-state index contributed by atoms with van der Waals surface area (Å²) in [6, 6.07) is 17.9. The van der Waals surface area contributed by atoms with Gasteiger partial charge in [-0.3, -0.25) is 4.79 Å². The Morgan fingerprint density at radius 2 is 1.53 bits per heavy atom. The van der Waals surface area contributed by atoms with E-state index >= 15 is 0 Å². The van der Waals surface area contributed by atoms with E-state index in [0.29, 0.717) is 0 Å². The highest BCUT2D eigenvalue weighted by Gasteiger charge is 2.22. The molecule has 0 aliphatic heterocycles. The van der Waals surface area contributed by atoms with Gasteiger partial charge in [-0.2, -0.15) is 0 Å². The molecular weight excluding hydrogens is 247 g/mol. The molecule has 19 heavy (non-hydrogen) atoms. The number of benzene rings is 2. The molecule has 0 saturated heterocycles. The molecule has 2 aromatic carbocycles. The summed E-state index contributed by atoms with van der Waals surface area (Å²) in [7, 11) is 0. The van der Waals surface area contributed by atoms with Gasteiger partial charge in [0.05, 0.1) is 0 Å². The van der Waals surface area contributed by atoms with Crippen LogP contribution in [0.3, 0.4) is 0 Å². The van der Waals surface area contributed by atoms with Gasteiger partial charge in [-0.15, -0.1) is 4.43 Å². The van der Waals surface area contributed by atoms with Crippen LogP contribution in [0.15, 0.2) is 54.6 Å². The molecule has 0 N–H and O–H groups in total. The van der Waals surface area contributed by atoms with Crippen molar-refractivity contribution < 1.29 is 4.79 Å². The molecule has 2 aromatic rings. The van der Waals surface area contributed by atoms with Crippen LogP contribution >= 0.6 is 0 Å². The van der Waals surface area contributed by atoms with E-state index < -0.39 is 0 Å². The number of carbonyl (C=O) groups excluding carboxylic acids is 1. The minimum absolute atomic E-state index is 0.0160. The van der Waals surface area contributed by atoms with Crippen molar-refractivity contribution in [2.45, 2.75) is 19.8 Å². The molecule has 2 unspecified atom stereocenters. The van der Waals surface area contributed by atoms with E-state index in [1.807, 2.05) is 37.3 Å². The van der Waals surface area contributed by atoms with Gasteiger partial charge in [0, 0.05) is 11.5 Å². The summed E-state index contributed by atoms with van der Waals surface area (Å²) in [5.74, 6) is 0.416. The van der Waals surface area contributed by atoms with E-state index in [2.05, 4.69) is 47.5 Å². The van der Waals surface area contributed by atoms with Crippen LogP contribution in [0.4, 0.5) is 0 Å². The third-order valence-electron chi connectivity index (χ3n) is 3.68. The summed E-state index contributed by atoms with van der Waals surface area (Å²) in [6.07, 6.45) is 0. The minimum Gasteiger partial charge on any atom is -0.294 e. The van der Waals surface area contributed by atoms with E-state index in [4.69, 9.17) is 0 Å². The lowest BCUT2D eigenvalue weighted by molar-refractivity contribution is 0.0915. The van der Waals surface area contributed by atoms with Gasteiger partial charge >= 0.3 is 0 Å². The predicted octanol–water partition coefficient (Wildman–Crippen LogP) is 3.10. The largest absolute Gasteiger partial charge is 0.294 e. The van der Waals surface area contributed by atoms with Crippen molar-refractivity contribution in [2.24, 2.45) is 5.92 Å². The molecule has 2 radical (unpaired) electrons. The van der Waals surface area contributed by atoms with Crippen molar-refractivity contribution in [3.05, 3.63) is 65.7 Å². The maximum absolute atomic E-state index is 12.4. The first-order chi connectivity index (χ1) is 9.09. The van der Waals surface area contributed by atoms with Gasteiger partial charge in [0.1, 0.15) is 0 Å². The second-order valence-corrected chi connectivity index (χ2v) is 5.64. The number of rotatable bonds is 4. The van der Waals surface area contributed by atoms with E-state index in [1.54, 1.807) is 0 Å². The highest BCUT2D eigenvalue weighted by atomic mass is 27.0. The summed E-state index contributed by atoms with van der Waals surface area (Å²) >= 11 is 2.68. The van der Waals surface area contributed by atoms with Gasteiger partial charge in [-0.25, -0.2) is 0 Å². The lowest BCUT2D eigenvalue weighted by Gasteiger charge is -2.19. The molecule has 2 rings (SSSR count). The van der Waals surface area contributed by atoms with Crippen molar-refractivity contribution in [2.75, 3.05) is 0 Å². The zero-order chi connectivity index (χ0) is 13.8. The van der Waals surface area contributed by atoms with Crippen LogP contribution in [0.1, 0.15) is 35.7 Å². The van der Waals surface area contributed by atoms with Crippen LogP contribution in [0.2, 0.25) is 0 Å². The molecule has 0 heterocycles. The quantitative estimate of drug-likeness (QED) is 0.612. The van der Waals surface area contributed by atoms with Crippen LogP contribution in [-0.4, -0.2) is 22.1 Å². The topological polar surface area (TPSA) is 17.1 Å². The van der Waals surface area contributed by atoms with Crippen molar-refractivity contribution in [1.82, 2.24) is 0 Å². The molecule has 2 heteroatoms. The van der Waals surface area contributed by atoms with Crippen LogP contribution < -0.4 is 4.43 Å². The standard InChI is InChI=1S/C17H17O.Al/c1-13(15-9-5-3-6-10-15)14(2)17(18)16-11-7-4-8-12-16;/h4-14H,1-2H3;. The highest BCUT2D eigenvalue weighted by molar-refractivity contribution is 6.32. The summed E-state index contributed by atoms with van der Waals surface area (Å²) in [5.41, 5.74) is 2.01. The van der Waals surface area contributed by atoms with E-state index in [1.165, 1.54) is 5.56 Å². The van der Waals surface area contributed by atoms with E-state index in [-0.39, 0.29) is 17.6 Å². The van der Waals surface area contributed by atoms with Gasteiger partial charge in [0.25, 0.3) is 0 Å². The molecule has 0 aliphatic carbocycles. The Morgan fingerprint density at radius 3 is 2.11 bits per heavy atom. The van der Waals surface area contributed by atoms with Crippen molar-refractivity contribution >= 4 is 26.5 Å². The van der Waals surface area contributed by atoms with Crippen LogP contribution in [-0.2, 0) is 0 Å². The number of hydrogen-bond donors (Lipinski definition) is 0. The molecule has 0 spiro atoms. The summed E-state index contributed by atoms with van der Waals surface area (Å²) < 4.78 is 1.16. The zero-order valence-corrected chi connectivity index (χ0v) is 12.5. The SMILES string of the molecule is CC(C(=O)c1ccccc1)C(C)c1cc[c]([Al])cc1. The van der Waals surface area contributed by atoms with Crippen LogP contribution in [0.5, 0.6) is 0 Å². The molecule has 0 bridgehead atoms. The summed E-state index contributed by atoms with van der Waals surface area (Å²) in [6.45, 7) is 4.12. The molecular formula is C17H17AlO. The van der Waals surface area contributed by atoms with Gasteiger partial charge in [0.15, 0.2) is 22.1 Å². The normalized spacial score (nSPS) is 13.8. The summed E-state index contributed by atoms with van der Waals surface area (Å²) in [5, 5.41) is 0. The molecule has 0 saturated carbocycles. The summed E-state index contributed by atoms with van der Waals surface area (Å²) in [4.78, 5) is 12.4. The number of hydrogen-bond acceptors (Lipinski definition) is 1. The average molecular weight is 264 g/mol. The molecule has 2 atom stereocenters. The fourth-order valence-electron chi connectivity index (χ4n) is 2.18. The fraction of sp³-hybridized carbons (Fsp3) is 0.235. The first-order valence-corrected chi connectivity index (χ1v) is 7.12. The maximum Gasteiger partial charge on any atom is 0.175 e. The Balaban J connectivity index is 2.17. The first kappa shape index (κ1) is 14.1. The number of ketones is 1. The predicted molar refractivity (Wildman–Crippen MR) is 80.2 cm³/mol. The first-order valence-electron chi connectivity index (χ1n) is 6.54. The fourth-order valence-corrected chi connectivity index (χ4v) is 2.37.